The van der Waals surface area contributed by atoms with Crippen molar-refractivity contribution < 1.29 is 31.9 Å². The summed E-state index contributed by atoms with van der Waals surface area (Å²) in [4.78, 5) is 44.8. The molecule has 46 heavy (non-hydrogen) atoms. The van der Waals surface area contributed by atoms with Gasteiger partial charge in [0.1, 0.15) is 5.60 Å². The normalized spacial score (nSPS) is 17.2. The van der Waals surface area contributed by atoms with Crippen LogP contribution in [-0.2, 0) is 31.2 Å². The minimum atomic E-state index is -3.70. The van der Waals surface area contributed by atoms with Gasteiger partial charge in [0.15, 0.2) is 21.5 Å². The van der Waals surface area contributed by atoms with Crippen molar-refractivity contribution >= 4 is 39.0 Å². The number of hydrogen-bond donors (Lipinski definition) is 2. The highest BCUT2D eigenvalue weighted by Gasteiger charge is 2.44. The van der Waals surface area contributed by atoms with Gasteiger partial charge in [0.25, 0.3) is 5.56 Å². The standard InChI is InChI=1S/C32H34FN5O7S/c1-32(2,3)45-31(41)35-11-7-8-18-14-22(33)28(36-15-18)38-16-20-24(30(40)44-5)21(17-46(6,42)43)19-10-13-37(4)29(39)26(19)27-25(20)23(38)9-12-34-27/h10,13-16,23,34H,9,11-12,17H2,1-6H3,(H,35,41). The van der Waals surface area contributed by atoms with Crippen LogP contribution in [0, 0.1) is 17.7 Å². The number of alkyl carbamates (subject to hydrolysis) is 1. The number of fused-ring (bicyclic) bond motifs is 2. The largest absolute Gasteiger partial charge is 0.465 e. The van der Waals surface area contributed by atoms with E-state index in [1.54, 1.807) is 45.0 Å². The number of halogens is 1. The van der Waals surface area contributed by atoms with Gasteiger partial charge in [0.05, 0.1) is 42.3 Å². The number of rotatable bonds is 5. The Bertz CT molecular complexity index is 1980. The van der Waals surface area contributed by atoms with Crippen molar-refractivity contribution in [2.24, 2.45) is 7.05 Å². The first-order valence-electron chi connectivity index (χ1n) is 14.4. The van der Waals surface area contributed by atoms with E-state index in [0.717, 1.165) is 6.26 Å². The predicted octanol–water partition coefficient (Wildman–Crippen LogP) is 2.26. The Kier molecular flexibility index (Phi) is 8.57. The van der Waals surface area contributed by atoms with E-state index < -0.39 is 50.7 Å². The van der Waals surface area contributed by atoms with Crippen molar-refractivity contribution in [3.05, 3.63) is 80.3 Å². The number of hydrogen-bond acceptors (Lipinski definition) is 10. The number of aromatic nitrogens is 2. The highest BCUT2D eigenvalue weighted by molar-refractivity contribution is 7.91. The molecule has 1 amide bonds. The maximum atomic E-state index is 15.7. The maximum absolute atomic E-state index is 15.7. The van der Waals surface area contributed by atoms with Gasteiger partial charge in [-0.05, 0) is 50.5 Å². The van der Waals surface area contributed by atoms with Gasteiger partial charge in [-0.3, -0.25) is 4.79 Å². The molecule has 1 atom stereocenters. The molecule has 0 radical (unpaired) electrons. The van der Waals surface area contributed by atoms with Crippen LogP contribution in [0.4, 0.5) is 15.0 Å². The molecule has 242 valence electrons. The van der Waals surface area contributed by atoms with Gasteiger partial charge < -0.3 is 29.6 Å². The van der Waals surface area contributed by atoms with E-state index in [2.05, 4.69) is 27.5 Å². The molecule has 12 nitrogen and oxygen atoms in total. The molecule has 0 saturated heterocycles. The number of amides is 1. The molecule has 14 heteroatoms. The number of pyridine rings is 2. The summed E-state index contributed by atoms with van der Waals surface area (Å²) in [5.41, 5.74) is 1.12. The predicted molar refractivity (Wildman–Crippen MR) is 170 cm³/mol. The van der Waals surface area contributed by atoms with E-state index in [9.17, 15) is 22.8 Å². The van der Waals surface area contributed by atoms with Crippen LogP contribution in [0.1, 0.15) is 43.9 Å². The monoisotopic (exact) mass is 651 g/mol. The number of carbonyl (C=O) groups excluding carboxylic acids is 2. The Balaban J connectivity index is 1.60. The third-order valence-electron chi connectivity index (χ3n) is 7.45. The summed E-state index contributed by atoms with van der Waals surface area (Å²) >= 11 is 0. The van der Waals surface area contributed by atoms with Crippen LogP contribution in [0.2, 0.25) is 0 Å². The number of ether oxygens (including phenoxy) is 2. The van der Waals surface area contributed by atoms with Crippen LogP contribution in [0.25, 0.3) is 11.3 Å². The summed E-state index contributed by atoms with van der Waals surface area (Å²) in [5, 5.41) is 5.80. The first kappa shape index (κ1) is 32.5. The van der Waals surface area contributed by atoms with Crippen molar-refractivity contribution in [3.8, 4) is 11.8 Å². The van der Waals surface area contributed by atoms with Gasteiger partial charge in [-0.2, -0.15) is 0 Å². The Hall–Kier alpha value is -4.90. The van der Waals surface area contributed by atoms with Gasteiger partial charge in [0, 0.05) is 55.2 Å². The second-order valence-electron chi connectivity index (χ2n) is 12.1. The smallest absolute Gasteiger partial charge is 0.408 e. The molecule has 4 heterocycles. The lowest BCUT2D eigenvalue weighted by atomic mass is 9.89. The Labute approximate surface area is 265 Å². The van der Waals surface area contributed by atoms with Gasteiger partial charge in [0.2, 0.25) is 0 Å². The maximum Gasteiger partial charge on any atom is 0.408 e. The Morgan fingerprint density at radius 2 is 2.02 bits per heavy atom. The van der Waals surface area contributed by atoms with Crippen molar-refractivity contribution in [3.63, 3.8) is 0 Å². The molecule has 2 aromatic heterocycles. The van der Waals surface area contributed by atoms with E-state index in [-0.39, 0.29) is 34.6 Å². The molecule has 1 aliphatic carbocycles. The van der Waals surface area contributed by atoms with Crippen molar-refractivity contribution in [2.45, 2.75) is 38.8 Å². The van der Waals surface area contributed by atoms with Crippen LogP contribution < -0.4 is 21.1 Å². The highest BCUT2D eigenvalue weighted by Crippen LogP contribution is 2.47. The number of carbonyl (C=O) groups is 2. The molecule has 2 aromatic rings. The number of methoxy groups -OCH3 is 1. The zero-order valence-electron chi connectivity index (χ0n) is 26.3. The quantitative estimate of drug-likeness (QED) is 0.364. The molecular formula is C32H34FN5O7S. The Morgan fingerprint density at radius 3 is 2.67 bits per heavy atom. The minimum Gasteiger partial charge on any atom is -0.465 e. The number of nitrogens with zero attached hydrogens (tertiary/aromatic N) is 3. The third kappa shape index (κ3) is 6.41. The fourth-order valence-electron chi connectivity index (χ4n) is 5.69. The average molecular weight is 652 g/mol. The first-order chi connectivity index (χ1) is 21.6. The fraction of sp³-hybridized carbons (Fsp3) is 0.375. The highest BCUT2D eigenvalue weighted by atomic mass is 32.2. The van der Waals surface area contributed by atoms with Gasteiger partial charge in [-0.1, -0.05) is 11.8 Å². The molecule has 2 aliphatic heterocycles. The number of aryl methyl sites for hydroxylation is 1. The van der Waals surface area contributed by atoms with Crippen LogP contribution in [0.5, 0.6) is 0 Å². The summed E-state index contributed by atoms with van der Waals surface area (Å²) in [5.74, 6) is 3.42. The fourth-order valence-corrected chi connectivity index (χ4v) is 6.52. The van der Waals surface area contributed by atoms with E-state index in [1.165, 1.54) is 30.1 Å². The van der Waals surface area contributed by atoms with Crippen LogP contribution in [0.15, 0.2) is 52.2 Å². The van der Waals surface area contributed by atoms with Crippen LogP contribution >= 0.6 is 0 Å². The van der Waals surface area contributed by atoms with E-state index in [1.807, 2.05) is 0 Å². The van der Waals surface area contributed by atoms with Gasteiger partial charge >= 0.3 is 12.1 Å². The summed E-state index contributed by atoms with van der Waals surface area (Å²) in [6.45, 7) is 5.60. The molecule has 3 aliphatic rings. The second kappa shape index (κ2) is 12.1. The Morgan fingerprint density at radius 1 is 1.28 bits per heavy atom. The molecule has 0 spiro atoms. The number of anilines is 1. The summed E-state index contributed by atoms with van der Waals surface area (Å²) < 4.78 is 52.7. The van der Waals surface area contributed by atoms with E-state index in [0.29, 0.717) is 35.4 Å². The lowest BCUT2D eigenvalue weighted by Crippen LogP contribution is -2.39. The topological polar surface area (TPSA) is 149 Å². The van der Waals surface area contributed by atoms with Crippen LogP contribution in [0.3, 0.4) is 0 Å². The molecule has 5 rings (SSSR count). The lowest BCUT2D eigenvalue weighted by molar-refractivity contribution is -0.135. The molecule has 0 saturated carbocycles. The molecule has 0 bridgehead atoms. The summed E-state index contributed by atoms with van der Waals surface area (Å²) in [6, 6.07) is 2.28. The van der Waals surface area contributed by atoms with Gasteiger partial charge in [-0.15, -0.1) is 0 Å². The summed E-state index contributed by atoms with van der Waals surface area (Å²) in [6.07, 6.45) is 5.33. The number of nitrogens with one attached hydrogen (secondary N) is 2. The minimum absolute atomic E-state index is 0.0241. The van der Waals surface area contributed by atoms with Crippen LogP contribution in [-0.4, -0.2) is 73.9 Å². The second-order valence-corrected chi connectivity index (χ2v) is 14.2. The van der Waals surface area contributed by atoms with E-state index in [4.69, 9.17) is 9.47 Å². The number of esters is 1. The van der Waals surface area contributed by atoms with E-state index >= 15 is 4.39 Å². The van der Waals surface area contributed by atoms with Crippen molar-refractivity contribution in [2.75, 3.05) is 37.1 Å². The SMILES string of the molecule is COC(=O)C1=C(CS(C)(=O)=O)c2ccn(C)c(=O)c2C2=C3C1=CN(c1ncc(C#CCNC(=O)OC(C)(C)C)cc1F)C3CCN2. The zero-order chi connectivity index (χ0) is 33.6. The van der Waals surface area contributed by atoms with Crippen molar-refractivity contribution in [1.82, 2.24) is 20.2 Å². The summed E-state index contributed by atoms with van der Waals surface area (Å²) in [7, 11) is -0.935. The van der Waals surface area contributed by atoms with Gasteiger partial charge in [-0.25, -0.2) is 27.4 Å². The third-order valence-corrected chi connectivity index (χ3v) is 8.26. The molecule has 2 N–H and O–H groups in total. The lowest BCUT2D eigenvalue weighted by Gasteiger charge is -2.32. The molecule has 1 unspecified atom stereocenters. The first-order valence-corrected chi connectivity index (χ1v) is 16.5. The molecular weight excluding hydrogens is 617 g/mol. The zero-order valence-corrected chi connectivity index (χ0v) is 27.1. The molecule has 0 fully saturated rings. The number of sulfone groups is 1. The molecule has 0 aromatic carbocycles. The average Bonchev–Trinajstić information content (AvgIpc) is 3.29. The van der Waals surface area contributed by atoms with Crippen molar-refractivity contribution in [1.29, 1.82) is 0 Å².